The van der Waals surface area contributed by atoms with Crippen LogP contribution in [0.4, 0.5) is 5.95 Å². The van der Waals surface area contributed by atoms with E-state index in [9.17, 15) is 0 Å². The number of nitrogens with two attached hydrogens (primary N) is 1. The van der Waals surface area contributed by atoms with E-state index in [1.807, 2.05) is 25.1 Å². The van der Waals surface area contributed by atoms with Crippen LogP contribution in [0, 0.1) is 0 Å². The summed E-state index contributed by atoms with van der Waals surface area (Å²) in [7, 11) is 1.60. The number of nitrogen functional groups attached to an aromatic ring is 1. The number of nitrogens with zero attached hydrogens (tertiary/aromatic N) is 4. The first-order chi connectivity index (χ1) is 12.2. The van der Waals surface area contributed by atoms with Crippen molar-refractivity contribution in [1.29, 1.82) is 0 Å². The van der Waals surface area contributed by atoms with Crippen LogP contribution in [0.5, 0.6) is 11.8 Å². The minimum absolute atomic E-state index is 0.262. The standard InChI is InChI=1S/C18H19N5O2/c1-3-25-16-8-14(4-5-20-16)15-7-12(9-21-17(15)24-2)6-13-10-22-18(19)23-11-13/h4-5,7-11H,3,6H2,1-2H3,(H2,19,22,23). The van der Waals surface area contributed by atoms with Crippen LogP contribution in [0.15, 0.2) is 43.0 Å². The molecule has 7 nitrogen and oxygen atoms in total. The van der Waals surface area contributed by atoms with Crippen molar-refractivity contribution in [3.63, 3.8) is 0 Å². The monoisotopic (exact) mass is 337 g/mol. The Bertz CT molecular complexity index is 852. The van der Waals surface area contributed by atoms with E-state index in [4.69, 9.17) is 15.2 Å². The van der Waals surface area contributed by atoms with Crippen LogP contribution in [0.2, 0.25) is 0 Å². The fourth-order valence-electron chi connectivity index (χ4n) is 2.46. The summed E-state index contributed by atoms with van der Waals surface area (Å²) >= 11 is 0. The molecule has 0 radical (unpaired) electrons. The fourth-order valence-corrected chi connectivity index (χ4v) is 2.46. The number of ether oxygens (including phenoxy) is 2. The minimum atomic E-state index is 0.262. The highest BCUT2D eigenvalue weighted by Gasteiger charge is 2.11. The lowest BCUT2D eigenvalue weighted by Crippen LogP contribution is -1.99. The lowest BCUT2D eigenvalue weighted by Gasteiger charge is -2.11. The average Bonchev–Trinajstić information content (AvgIpc) is 2.64. The number of methoxy groups -OCH3 is 1. The fraction of sp³-hybridized carbons (Fsp3) is 0.222. The van der Waals surface area contributed by atoms with E-state index in [1.54, 1.807) is 31.9 Å². The van der Waals surface area contributed by atoms with Crippen molar-refractivity contribution in [1.82, 2.24) is 19.9 Å². The van der Waals surface area contributed by atoms with Gasteiger partial charge in [-0.05, 0) is 35.7 Å². The maximum absolute atomic E-state index is 5.53. The number of hydrogen-bond donors (Lipinski definition) is 1. The molecular weight excluding hydrogens is 318 g/mol. The SMILES string of the molecule is CCOc1cc(-c2cc(Cc3cnc(N)nc3)cnc2OC)ccn1. The van der Waals surface area contributed by atoms with Crippen molar-refractivity contribution >= 4 is 5.95 Å². The number of pyridine rings is 2. The van der Waals surface area contributed by atoms with Crippen molar-refractivity contribution in [2.24, 2.45) is 0 Å². The van der Waals surface area contributed by atoms with E-state index >= 15 is 0 Å². The van der Waals surface area contributed by atoms with Crippen LogP contribution in [-0.4, -0.2) is 33.7 Å². The predicted molar refractivity (Wildman–Crippen MR) is 94.4 cm³/mol. The van der Waals surface area contributed by atoms with Gasteiger partial charge in [0.2, 0.25) is 17.7 Å². The number of hydrogen-bond acceptors (Lipinski definition) is 7. The van der Waals surface area contributed by atoms with Gasteiger partial charge in [-0.3, -0.25) is 0 Å². The Hall–Kier alpha value is -3.22. The van der Waals surface area contributed by atoms with Gasteiger partial charge >= 0.3 is 0 Å². The third-order valence-corrected chi connectivity index (χ3v) is 3.57. The molecule has 3 rings (SSSR count). The van der Waals surface area contributed by atoms with Gasteiger partial charge < -0.3 is 15.2 Å². The quantitative estimate of drug-likeness (QED) is 0.738. The van der Waals surface area contributed by atoms with Gasteiger partial charge in [0.05, 0.1) is 13.7 Å². The van der Waals surface area contributed by atoms with Crippen LogP contribution in [0.1, 0.15) is 18.1 Å². The highest BCUT2D eigenvalue weighted by molar-refractivity contribution is 5.69. The van der Waals surface area contributed by atoms with Crippen molar-refractivity contribution in [2.45, 2.75) is 13.3 Å². The van der Waals surface area contributed by atoms with Gasteiger partial charge in [0.25, 0.3) is 0 Å². The third kappa shape index (κ3) is 4.00. The average molecular weight is 337 g/mol. The Kier molecular flexibility index (Phi) is 5.03. The first kappa shape index (κ1) is 16.6. The molecule has 0 aliphatic rings. The number of anilines is 1. The van der Waals surface area contributed by atoms with Gasteiger partial charge in [-0.2, -0.15) is 0 Å². The van der Waals surface area contributed by atoms with Crippen molar-refractivity contribution in [2.75, 3.05) is 19.5 Å². The first-order valence-electron chi connectivity index (χ1n) is 7.88. The van der Waals surface area contributed by atoms with Crippen molar-refractivity contribution in [3.8, 4) is 22.9 Å². The molecule has 0 unspecified atom stereocenters. The zero-order chi connectivity index (χ0) is 17.6. The Morgan fingerprint density at radius 1 is 1.00 bits per heavy atom. The van der Waals surface area contributed by atoms with E-state index < -0.39 is 0 Å². The van der Waals surface area contributed by atoms with Gasteiger partial charge in [-0.25, -0.2) is 19.9 Å². The van der Waals surface area contributed by atoms with Gasteiger partial charge in [0.1, 0.15) is 0 Å². The Balaban J connectivity index is 1.95. The zero-order valence-electron chi connectivity index (χ0n) is 14.1. The van der Waals surface area contributed by atoms with Crippen molar-refractivity contribution in [3.05, 3.63) is 54.1 Å². The smallest absolute Gasteiger partial charge is 0.221 e. The summed E-state index contributed by atoms with van der Waals surface area (Å²) in [6.45, 7) is 2.48. The Labute approximate surface area is 145 Å². The second-order valence-corrected chi connectivity index (χ2v) is 5.34. The Morgan fingerprint density at radius 3 is 2.48 bits per heavy atom. The van der Waals surface area contributed by atoms with E-state index in [1.165, 1.54) is 0 Å². The maximum Gasteiger partial charge on any atom is 0.221 e. The van der Waals surface area contributed by atoms with Crippen molar-refractivity contribution < 1.29 is 9.47 Å². The predicted octanol–water partition coefficient (Wildman–Crippen LogP) is 2.51. The maximum atomic E-state index is 5.53. The minimum Gasteiger partial charge on any atom is -0.481 e. The van der Waals surface area contributed by atoms with E-state index in [0.29, 0.717) is 24.8 Å². The summed E-state index contributed by atoms with van der Waals surface area (Å²) in [6, 6.07) is 5.81. The summed E-state index contributed by atoms with van der Waals surface area (Å²) in [5, 5.41) is 0. The molecule has 0 amide bonds. The molecular formula is C18H19N5O2. The molecule has 0 spiro atoms. The number of rotatable bonds is 6. The van der Waals surface area contributed by atoms with Gasteiger partial charge in [0, 0.05) is 42.8 Å². The molecule has 3 aromatic rings. The molecule has 0 atom stereocenters. The summed E-state index contributed by atoms with van der Waals surface area (Å²) in [4.78, 5) is 16.6. The van der Waals surface area contributed by atoms with Gasteiger partial charge in [-0.15, -0.1) is 0 Å². The molecule has 0 aliphatic heterocycles. The molecule has 0 aliphatic carbocycles. The van der Waals surface area contributed by atoms with E-state index in [2.05, 4.69) is 19.9 Å². The van der Waals surface area contributed by atoms with Crippen LogP contribution >= 0.6 is 0 Å². The molecule has 0 saturated heterocycles. The lowest BCUT2D eigenvalue weighted by atomic mass is 10.0. The number of aromatic nitrogens is 4. The molecule has 0 aromatic carbocycles. The highest BCUT2D eigenvalue weighted by Crippen LogP contribution is 2.30. The normalized spacial score (nSPS) is 10.5. The molecule has 3 aromatic heterocycles. The van der Waals surface area contributed by atoms with Gasteiger partial charge in [-0.1, -0.05) is 0 Å². The molecule has 128 valence electrons. The zero-order valence-corrected chi connectivity index (χ0v) is 14.1. The first-order valence-corrected chi connectivity index (χ1v) is 7.88. The van der Waals surface area contributed by atoms with E-state index in [-0.39, 0.29) is 5.95 Å². The van der Waals surface area contributed by atoms with E-state index in [0.717, 1.165) is 22.3 Å². The van der Waals surface area contributed by atoms with Gasteiger partial charge in [0.15, 0.2) is 0 Å². The molecule has 2 N–H and O–H groups in total. The highest BCUT2D eigenvalue weighted by atomic mass is 16.5. The molecule has 0 bridgehead atoms. The summed E-state index contributed by atoms with van der Waals surface area (Å²) in [6.07, 6.45) is 7.56. The molecule has 25 heavy (non-hydrogen) atoms. The lowest BCUT2D eigenvalue weighted by molar-refractivity contribution is 0.327. The van der Waals surface area contributed by atoms with Crippen LogP contribution in [0.3, 0.4) is 0 Å². The third-order valence-electron chi connectivity index (χ3n) is 3.57. The summed E-state index contributed by atoms with van der Waals surface area (Å²) < 4.78 is 10.9. The summed E-state index contributed by atoms with van der Waals surface area (Å²) in [5.74, 6) is 1.38. The molecule has 0 saturated carbocycles. The second-order valence-electron chi connectivity index (χ2n) is 5.34. The largest absolute Gasteiger partial charge is 0.481 e. The van der Waals surface area contributed by atoms with Crippen LogP contribution < -0.4 is 15.2 Å². The van der Waals surface area contributed by atoms with Crippen LogP contribution in [0.25, 0.3) is 11.1 Å². The molecule has 0 fully saturated rings. The Morgan fingerprint density at radius 2 is 1.76 bits per heavy atom. The molecule has 3 heterocycles. The second kappa shape index (κ2) is 7.57. The molecule has 7 heteroatoms. The topological polar surface area (TPSA) is 96.0 Å². The van der Waals surface area contributed by atoms with Crippen LogP contribution in [-0.2, 0) is 6.42 Å². The summed E-state index contributed by atoms with van der Waals surface area (Å²) in [5.41, 5.74) is 9.30.